The van der Waals surface area contributed by atoms with E-state index in [2.05, 4.69) is 10.3 Å². The van der Waals surface area contributed by atoms with Crippen LogP contribution in [0.1, 0.15) is 52.2 Å². The first-order valence-electron chi connectivity index (χ1n) is 7.84. The summed E-state index contributed by atoms with van der Waals surface area (Å²) in [5.41, 5.74) is 0.267. The average molecular weight is 322 g/mol. The molecule has 0 aliphatic heterocycles. The van der Waals surface area contributed by atoms with Gasteiger partial charge in [-0.15, -0.1) is 0 Å². The summed E-state index contributed by atoms with van der Waals surface area (Å²) in [5.74, 6) is -0.954. The zero-order chi connectivity index (χ0) is 17.5. The highest BCUT2D eigenvalue weighted by Crippen LogP contribution is 2.25. The van der Waals surface area contributed by atoms with E-state index in [1.807, 2.05) is 20.8 Å². The molecule has 6 heteroatoms. The fourth-order valence-electron chi connectivity index (χ4n) is 2.03. The van der Waals surface area contributed by atoms with E-state index in [1.165, 1.54) is 6.20 Å². The minimum absolute atomic E-state index is 0.172. The van der Waals surface area contributed by atoms with Gasteiger partial charge in [-0.1, -0.05) is 33.3 Å². The monoisotopic (exact) mass is 322 g/mol. The number of rotatable bonds is 8. The number of pyridine rings is 1. The lowest BCUT2D eigenvalue weighted by atomic mass is 9.86. The lowest BCUT2D eigenvalue weighted by Gasteiger charge is -2.26. The van der Waals surface area contributed by atoms with E-state index in [4.69, 9.17) is 4.74 Å². The molecule has 0 saturated carbocycles. The van der Waals surface area contributed by atoms with E-state index >= 15 is 0 Å². The molecule has 2 N–H and O–H groups in total. The van der Waals surface area contributed by atoms with Gasteiger partial charge in [-0.3, -0.25) is 9.78 Å². The molecule has 0 spiro atoms. The predicted molar refractivity (Wildman–Crippen MR) is 86.4 cm³/mol. The second-order valence-electron chi connectivity index (χ2n) is 6.22. The maximum Gasteiger partial charge on any atom is 0.331 e. The van der Waals surface area contributed by atoms with Gasteiger partial charge in [-0.05, 0) is 18.4 Å². The molecule has 0 aliphatic rings. The molecule has 6 nitrogen and oxygen atoms in total. The van der Waals surface area contributed by atoms with Gasteiger partial charge in [0.15, 0.2) is 6.04 Å². The van der Waals surface area contributed by atoms with Crippen LogP contribution in [0.25, 0.3) is 0 Å². The molecule has 1 amide bonds. The molecular weight excluding hydrogens is 296 g/mol. The number of aliphatic hydroxyl groups excluding tert-OH is 1. The molecular formula is C17H26N2O4. The fourth-order valence-corrected chi connectivity index (χ4v) is 2.03. The second-order valence-corrected chi connectivity index (χ2v) is 6.22. The van der Waals surface area contributed by atoms with E-state index in [-0.39, 0.29) is 24.3 Å². The molecule has 23 heavy (non-hydrogen) atoms. The van der Waals surface area contributed by atoms with Crippen molar-refractivity contribution in [1.29, 1.82) is 0 Å². The van der Waals surface area contributed by atoms with Gasteiger partial charge in [0.1, 0.15) is 6.10 Å². The van der Waals surface area contributed by atoms with E-state index < -0.39 is 18.1 Å². The van der Waals surface area contributed by atoms with Gasteiger partial charge in [0.25, 0.3) is 0 Å². The number of amides is 1. The van der Waals surface area contributed by atoms with Crippen LogP contribution < -0.4 is 5.32 Å². The third-order valence-electron chi connectivity index (χ3n) is 3.79. The fraction of sp³-hybridized carbons (Fsp3) is 0.588. The van der Waals surface area contributed by atoms with Crippen molar-refractivity contribution >= 4 is 11.9 Å². The molecule has 0 saturated heterocycles. The van der Waals surface area contributed by atoms with Crippen molar-refractivity contribution in [3.8, 4) is 0 Å². The van der Waals surface area contributed by atoms with Crippen molar-refractivity contribution in [2.75, 3.05) is 6.61 Å². The first-order chi connectivity index (χ1) is 10.8. The SMILES string of the molecule is CCOC(=O)[C@H](NC(=O)CC(C)(C)CC)[C@H](O)c1cccnc1. The molecule has 0 aliphatic carbocycles. The van der Waals surface area contributed by atoms with E-state index in [0.717, 1.165) is 6.42 Å². The Morgan fingerprint density at radius 2 is 2.09 bits per heavy atom. The summed E-state index contributed by atoms with van der Waals surface area (Å²) in [7, 11) is 0. The number of esters is 1. The molecule has 128 valence electrons. The Hall–Kier alpha value is -1.95. The predicted octanol–water partition coefficient (Wildman–Crippen LogP) is 1.99. The Kier molecular flexibility index (Phi) is 7.16. The number of hydrogen-bond acceptors (Lipinski definition) is 5. The van der Waals surface area contributed by atoms with Crippen molar-refractivity contribution < 1.29 is 19.4 Å². The lowest BCUT2D eigenvalue weighted by molar-refractivity contribution is -0.151. The molecule has 0 radical (unpaired) electrons. The van der Waals surface area contributed by atoms with Crippen LogP contribution in [-0.2, 0) is 14.3 Å². The van der Waals surface area contributed by atoms with Crippen LogP contribution in [0.2, 0.25) is 0 Å². The molecule has 1 aromatic rings. The van der Waals surface area contributed by atoms with Gasteiger partial charge in [0.2, 0.25) is 5.91 Å². The topological polar surface area (TPSA) is 88.5 Å². The molecule has 2 atom stereocenters. The van der Waals surface area contributed by atoms with Crippen LogP contribution in [0.5, 0.6) is 0 Å². The summed E-state index contributed by atoms with van der Waals surface area (Å²) in [5, 5.41) is 13.0. The molecule has 0 aromatic carbocycles. The van der Waals surface area contributed by atoms with Gasteiger partial charge in [0, 0.05) is 24.4 Å². The lowest BCUT2D eigenvalue weighted by Crippen LogP contribution is -2.46. The Morgan fingerprint density at radius 1 is 1.39 bits per heavy atom. The zero-order valence-corrected chi connectivity index (χ0v) is 14.2. The van der Waals surface area contributed by atoms with Crippen molar-refractivity contribution in [1.82, 2.24) is 10.3 Å². The Bertz CT molecular complexity index is 517. The number of hydrogen-bond donors (Lipinski definition) is 2. The average Bonchev–Trinajstić information content (AvgIpc) is 2.52. The summed E-state index contributed by atoms with van der Waals surface area (Å²) in [4.78, 5) is 28.3. The summed E-state index contributed by atoms with van der Waals surface area (Å²) >= 11 is 0. The molecule has 1 aromatic heterocycles. The van der Waals surface area contributed by atoms with E-state index in [1.54, 1.807) is 25.3 Å². The van der Waals surface area contributed by atoms with Gasteiger partial charge < -0.3 is 15.2 Å². The van der Waals surface area contributed by atoms with Crippen LogP contribution in [0, 0.1) is 5.41 Å². The minimum Gasteiger partial charge on any atom is -0.464 e. The second kappa shape index (κ2) is 8.62. The molecule has 1 heterocycles. The molecule has 0 fully saturated rings. The zero-order valence-electron chi connectivity index (χ0n) is 14.2. The van der Waals surface area contributed by atoms with Crippen LogP contribution >= 0.6 is 0 Å². The van der Waals surface area contributed by atoms with Crippen molar-refractivity contribution in [3.05, 3.63) is 30.1 Å². The van der Waals surface area contributed by atoms with E-state index in [9.17, 15) is 14.7 Å². The van der Waals surface area contributed by atoms with Crippen molar-refractivity contribution in [2.45, 2.75) is 52.7 Å². The smallest absolute Gasteiger partial charge is 0.331 e. The highest BCUT2D eigenvalue weighted by Gasteiger charge is 2.32. The van der Waals surface area contributed by atoms with Crippen LogP contribution in [0.4, 0.5) is 0 Å². The van der Waals surface area contributed by atoms with Gasteiger partial charge >= 0.3 is 5.97 Å². The van der Waals surface area contributed by atoms with Gasteiger partial charge in [-0.25, -0.2) is 4.79 Å². The number of carbonyl (C=O) groups excluding carboxylic acids is 2. The maximum absolute atomic E-state index is 12.2. The normalized spacial score (nSPS) is 14.0. The molecule has 1 rings (SSSR count). The highest BCUT2D eigenvalue weighted by molar-refractivity contribution is 5.85. The van der Waals surface area contributed by atoms with Crippen LogP contribution in [-0.4, -0.2) is 34.6 Å². The minimum atomic E-state index is -1.21. The summed E-state index contributed by atoms with van der Waals surface area (Å²) in [6.07, 6.45) is 2.91. The van der Waals surface area contributed by atoms with Crippen molar-refractivity contribution in [3.63, 3.8) is 0 Å². The third kappa shape index (κ3) is 5.98. The van der Waals surface area contributed by atoms with Gasteiger partial charge in [-0.2, -0.15) is 0 Å². The van der Waals surface area contributed by atoms with Crippen LogP contribution in [0.15, 0.2) is 24.5 Å². The Morgan fingerprint density at radius 3 is 2.61 bits per heavy atom. The number of aliphatic hydroxyl groups is 1. The highest BCUT2D eigenvalue weighted by atomic mass is 16.5. The number of aromatic nitrogens is 1. The summed E-state index contributed by atoms with van der Waals surface area (Å²) in [6, 6.07) is 2.15. The quantitative estimate of drug-likeness (QED) is 0.715. The largest absolute Gasteiger partial charge is 0.464 e. The van der Waals surface area contributed by atoms with Crippen LogP contribution in [0.3, 0.4) is 0 Å². The number of ether oxygens (including phenoxy) is 1. The molecule has 0 bridgehead atoms. The first kappa shape index (κ1) is 19.1. The third-order valence-corrected chi connectivity index (χ3v) is 3.79. The Labute approximate surface area is 137 Å². The maximum atomic E-state index is 12.2. The Balaban J connectivity index is 2.89. The summed E-state index contributed by atoms with van der Waals surface area (Å²) < 4.78 is 4.97. The molecule has 0 unspecified atom stereocenters. The standard InChI is InChI=1S/C17H26N2O4/c1-5-17(3,4)10-13(20)19-14(16(22)23-6-2)15(21)12-8-7-9-18-11-12/h7-9,11,14-15,21H,5-6,10H2,1-4H3,(H,19,20)/t14-,15-/m1/s1. The number of nitrogens with one attached hydrogen (secondary N) is 1. The van der Waals surface area contributed by atoms with E-state index in [0.29, 0.717) is 5.56 Å². The number of nitrogens with zero attached hydrogens (tertiary/aromatic N) is 1. The van der Waals surface area contributed by atoms with Crippen molar-refractivity contribution in [2.24, 2.45) is 5.41 Å². The first-order valence-corrected chi connectivity index (χ1v) is 7.84. The van der Waals surface area contributed by atoms with Gasteiger partial charge in [0.05, 0.1) is 6.61 Å². The summed E-state index contributed by atoms with van der Waals surface area (Å²) in [6.45, 7) is 7.80. The number of carbonyl (C=O) groups is 2.